The van der Waals surface area contributed by atoms with Crippen molar-refractivity contribution in [1.29, 1.82) is 0 Å². The van der Waals surface area contributed by atoms with Crippen LogP contribution in [0.3, 0.4) is 0 Å². The van der Waals surface area contributed by atoms with Crippen LogP contribution < -0.4 is 16.0 Å². The maximum atomic E-state index is 5.90. The Hall–Kier alpha value is -1.97. The summed E-state index contributed by atoms with van der Waals surface area (Å²) in [4.78, 5) is 0. The largest absolute Gasteiger partial charge is 0.399 e. The highest BCUT2D eigenvalue weighted by Gasteiger charge is 2.03. The molecule has 0 unspecified atom stereocenters. The van der Waals surface area contributed by atoms with Gasteiger partial charge in [-0.25, -0.2) is 9.13 Å². The van der Waals surface area contributed by atoms with Gasteiger partial charge in [0.15, 0.2) is 0 Å². The van der Waals surface area contributed by atoms with Gasteiger partial charge in [-0.3, -0.25) is 0 Å². The van der Waals surface area contributed by atoms with E-state index in [2.05, 4.69) is 4.57 Å². The lowest BCUT2D eigenvalue weighted by molar-refractivity contribution is -0.671. The number of nitrogens with two attached hydrogens (primary N) is 2. The third kappa shape index (κ3) is 2.34. The van der Waals surface area contributed by atoms with E-state index < -0.39 is 0 Å². The molecule has 0 aliphatic rings. The van der Waals surface area contributed by atoms with Crippen molar-refractivity contribution in [1.82, 2.24) is 4.57 Å². The number of nitrogen functional groups attached to an aromatic ring is 2. The minimum atomic E-state index is 0.716. The fraction of sp³-hybridized carbons (Fsp3) is 0.250. The monoisotopic (exact) mass is 217 g/mol. The van der Waals surface area contributed by atoms with Crippen LogP contribution >= 0.6 is 0 Å². The number of rotatable bonds is 3. The normalized spacial score (nSPS) is 10.6. The van der Waals surface area contributed by atoms with E-state index in [1.165, 1.54) is 0 Å². The zero-order valence-electron chi connectivity index (χ0n) is 9.43. The van der Waals surface area contributed by atoms with E-state index in [4.69, 9.17) is 11.5 Å². The molecule has 0 fully saturated rings. The van der Waals surface area contributed by atoms with Crippen molar-refractivity contribution in [2.45, 2.75) is 13.0 Å². The Balaban J connectivity index is 2.04. The predicted molar refractivity (Wildman–Crippen MR) is 64.6 cm³/mol. The number of benzene rings is 1. The summed E-state index contributed by atoms with van der Waals surface area (Å²) in [5, 5.41) is 0. The van der Waals surface area contributed by atoms with Crippen molar-refractivity contribution >= 4 is 11.4 Å². The first-order valence-electron chi connectivity index (χ1n) is 5.30. The number of imidazole rings is 1. The summed E-state index contributed by atoms with van der Waals surface area (Å²) in [5.74, 6) is 0. The smallest absolute Gasteiger partial charge is 0.243 e. The van der Waals surface area contributed by atoms with Crippen molar-refractivity contribution in [3.8, 4) is 0 Å². The Morgan fingerprint density at radius 2 is 2.12 bits per heavy atom. The highest BCUT2D eigenvalue weighted by atomic mass is 15.1. The SMILES string of the molecule is C[n+]1ccn(CCc2ccc(N)cc2N)c1. The van der Waals surface area contributed by atoms with Crippen LogP contribution in [0.5, 0.6) is 0 Å². The van der Waals surface area contributed by atoms with Crippen molar-refractivity contribution in [2.75, 3.05) is 11.5 Å². The Labute approximate surface area is 95.1 Å². The maximum Gasteiger partial charge on any atom is 0.243 e. The first-order chi connectivity index (χ1) is 7.65. The molecule has 84 valence electrons. The van der Waals surface area contributed by atoms with Crippen molar-refractivity contribution < 1.29 is 4.57 Å². The summed E-state index contributed by atoms with van der Waals surface area (Å²) < 4.78 is 4.15. The first kappa shape index (κ1) is 10.5. The van der Waals surface area contributed by atoms with E-state index in [1.54, 1.807) is 0 Å². The molecule has 0 saturated carbocycles. The Bertz CT molecular complexity index is 488. The molecule has 16 heavy (non-hydrogen) atoms. The molecule has 0 spiro atoms. The van der Waals surface area contributed by atoms with Gasteiger partial charge in [-0.05, 0) is 17.7 Å². The van der Waals surface area contributed by atoms with E-state index in [0.717, 1.165) is 24.2 Å². The van der Waals surface area contributed by atoms with Crippen LogP contribution in [-0.4, -0.2) is 4.57 Å². The van der Waals surface area contributed by atoms with E-state index in [1.807, 2.05) is 48.5 Å². The molecular formula is C12H17N4+. The lowest BCUT2D eigenvalue weighted by atomic mass is 10.1. The van der Waals surface area contributed by atoms with Crippen LogP contribution in [0, 0.1) is 0 Å². The van der Waals surface area contributed by atoms with Crippen LogP contribution in [0.1, 0.15) is 5.56 Å². The quantitative estimate of drug-likeness (QED) is 0.588. The number of aromatic nitrogens is 2. The van der Waals surface area contributed by atoms with Crippen molar-refractivity contribution in [3.05, 3.63) is 42.5 Å². The molecule has 0 saturated heterocycles. The Kier molecular flexibility index (Phi) is 2.81. The second-order valence-electron chi connectivity index (χ2n) is 4.03. The average molecular weight is 217 g/mol. The van der Waals surface area contributed by atoms with Crippen LogP contribution in [0.2, 0.25) is 0 Å². The number of hydrogen-bond donors (Lipinski definition) is 2. The van der Waals surface area contributed by atoms with Crippen molar-refractivity contribution in [3.63, 3.8) is 0 Å². The number of anilines is 2. The third-order valence-corrected chi connectivity index (χ3v) is 2.63. The molecule has 2 aromatic rings. The first-order valence-corrected chi connectivity index (χ1v) is 5.30. The maximum absolute atomic E-state index is 5.90. The third-order valence-electron chi connectivity index (χ3n) is 2.63. The second-order valence-corrected chi connectivity index (χ2v) is 4.03. The summed E-state index contributed by atoms with van der Waals surface area (Å²) in [6.07, 6.45) is 7.04. The molecule has 0 aliphatic carbocycles. The molecule has 2 rings (SSSR count). The Morgan fingerprint density at radius 1 is 1.31 bits per heavy atom. The van der Waals surface area contributed by atoms with Gasteiger partial charge in [0, 0.05) is 17.8 Å². The summed E-state index contributed by atoms with van der Waals surface area (Å²) in [5.41, 5.74) is 14.2. The molecule has 0 amide bonds. The molecule has 0 bridgehead atoms. The van der Waals surface area contributed by atoms with Crippen LogP contribution in [0.15, 0.2) is 36.9 Å². The summed E-state index contributed by atoms with van der Waals surface area (Å²) in [7, 11) is 2.01. The molecule has 1 aromatic carbocycles. The zero-order chi connectivity index (χ0) is 11.5. The van der Waals surface area contributed by atoms with Gasteiger partial charge in [0.1, 0.15) is 12.4 Å². The molecular weight excluding hydrogens is 200 g/mol. The van der Waals surface area contributed by atoms with Gasteiger partial charge >= 0.3 is 0 Å². The standard InChI is InChI=1S/C12H17N4/c1-15-6-7-16(9-15)5-4-10-2-3-11(13)8-12(10)14/h2-3,6-9H,4-5,13-14H2,1H3/q+1. The average Bonchev–Trinajstić information content (AvgIpc) is 2.63. The topological polar surface area (TPSA) is 60.8 Å². The van der Waals surface area contributed by atoms with Gasteiger partial charge in [0.25, 0.3) is 0 Å². The zero-order valence-corrected chi connectivity index (χ0v) is 9.43. The van der Waals surface area contributed by atoms with Crippen LogP contribution in [-0.2, 0) is 20.0 Å². The van der Waals surface area contributed by atoms with E-state index in [9.17, 15) is 0 Å². The fourth-order valence-corrected chi connectivity index (χ4v) is 1.72. The lowest BCUT2D eigenvalue weighted by Gasteiger charge is -2.04. The molecule has 1 aromatic heterocycles. The molecule has 0 radical (unpaired) electrons. The van der Waals surface area contributed by atoms with E-state index in [-0.39, 0.29) is 0 Å². The van der Waals surface area contributed by atoms with Crippen LogP contribution in [0.4, 0.5) is 11.4 Å². The Morgan fingerprint density at radius 3 is 2.75 bits per heavy atom. The highest BCUT2D eigenvalue weighted by Crippen LogP contribution is 2.16. The summed E-state index contributed by atoms with van der Waals surface area (Å²) in [6.45, 7) is 0.926. The molecule has 0 aliphatic heterocycles. The van der Waals surface area contributed by atoms with Gasteiger partial charge in [-0.2, -0.15) is 0 Å². The fourth-order valence-electron chi connectivity index (χ4n) is 1.72. The summed E-state index contributed by atoms with van der Waals surface area (Å²) >= 11 is 0. The lowest BCUT2D eigenvalue weighted by Crippen LogP contribution is -2.23. The number of nitrogens with zero attached hydrogens (tertiary/aromatic N) is 2. The van der Waals surface area contributed by atoms with Crippen molar-refractivity contribution in [2.24, 2.45) is 7.05 Å². The van der Waals surface area contributed by atoms with Gasteiger partial charge in [0.05, 0.1) is 13.6 Å². The van der Waals surface area contributed by atoms with Crippen LogP contribution in [0.25, 0.3) is 0 Å². The molecule has 4 N–H and O–H groups in total. The highest BCUT2D eigenvalue weighted by molar-refractivity contribution is 5.56. The van der Waals surface area contributed by atoms with E-state index >= 15 is 0 Å². The number of aryl methyl sites for hydroxylation is 3. The second kappa shape index (κ2) is 4.26. The predicted octanol–water partition coefficient (Wildman–Crippen LogP) is 0.720. The molecule has 0 atom stereocenters. The van der Waals surface area contributed by atoms with Gasteiger partial charge in [-0.1, -0.05) is 6.07 Å². The van der Waals surface area contributed by atoms with Gasteiger partial charge in [0.2, 0.25) is 6.33 Å². The minimum absolute atomic E-state index is 0.716. The van der Waals surface area contributed by atoms with E-state index in [0.29, 0.717) is 5.69 Å². The minimum Gasteiger partial charge on any atom is -0.399 e. The van der Waals surface area contributed by atoms with Gasteiger partial charge in [-0.15, -0.1) is 0 Å². The molecule has 4 nitrogen and oxygen atoms in total. The molecule has 4 heteroatoms. The number of hydrogen-bond acceptors (Lipinski definition) is 2. The van der Waals surface area contributed by atoms with Gasteiger partial charge < -0.3 is 11.5 Å². The summed E-state index contributed by atoms with van der Waals surface area (Å²) in [6, 6.07) is 5.69. The molecule has 1 heterocycles.